The molecule has 1 N–H and O–H groups in total. The van der Waals surface area contributed by atoms with Crippen LogP contribution in [0.25, 0.3) is 0 Å². The van der Waals surface area contributed by atoms with E-state index in [0.717, 1.165) is 24.3 Å². The van der Waals surface area contributed by atoms with Crippen molar-refractivity contribution in [1.29, 1.82) is 0 Å². The first kappa shape index (κ1) is 14.3. The van der Waals surface area contributed by atoms with Crippen molar-refractivity contribution in [1.82, 2.24) is 5.32 Å². The summed E-state index contributed by atoms with van der Waals surface area (Å²) in [5.74, 6) is 2.08. The zero-order valence-corrected chi connectivity index (χ0v) is 11.8. The Bertz CT molecular complexity index is 171. The number of nitrogens with one attached hydrogen (secondary N) is 1. The average Bonchev–Trinajstić information content (AvgIpc) is 2.80. The van der Waals surface area contributed by atoms with Gasteiger partial charge in [-0.2, -0.15) is 11.8 Å². The molecule has 3 unspecified atom stereocenters. The van der Waals surface area contributed by atoms with Gasteiger partial charge in [0.05, 0.1) is 0 Å². The molecular formula is C13H27NOS. The van der Waals surface area contributed by atoms with Crippen LogP contribution in [0.15, 0.2) is 0 Å². The van der Waals surface area contributed by atoms with Crippen LogP contribution in [0.4, 0.5) is 0 Å². The molecule has 0 aromatic rings. The molecule has 0 radical (unpaired) electrons. The summed E-state index contributed by atoms with van der Waals surface area (Å²) >= 11 is 2.16. The molecule has 0 aliphatic carbocycles. The molecule has 2 nitrogen and oxygen atoms in total. The minimum atomic E-state index is 0.683. The van der Waals surface area contributed by atoms with Gasteiger partial charge in [-0.1, -0.05) is 13.8 Å². The third-order valence-electron chi connectivity index (χ3n) is 3.39. The van der Waals surface area contributed by atoms with Crippen LogP contribution < -0.4 is 5.32 Å². The van der Waals surface area contributed by atoms with Gasteiger partial charge in [-0.05, 0) is 43.9 Å². The van der Waals surface area contributed by atoms with E-state index in [0.29, 0.717) is 6.04 Å². The normalized spacial score (nSPS) is 24.6. The first-order chi connectivity index (χ1) is 7.79. The van der Waals surface area contributed by atoms with E-state index in [-0.39, 0.29) is 0 Å². The van der Waals surface area contributed by atoms with Crippen molar-refractivity contribution in [3.05, 3.63) is 0 Å². The molecule has 0 saturated carbocycles. The van der Waals surface area contributed by atoms with E-state index in [1.165, 1.54) is 31.4 Å². The predicted molar refractivity (Wildman–Crippen MR) is 73.2 cm³/mol. The molecule has 0 aromatic heterocycles. The minimum Gasteiger partial charge on any atom is -0.385 e. The molecule has 1 fully saturated rings. The molecule has 3 atom stereocenters. The smallest absolute Gasteiger partial charge is 0.0465 e. The minimum absolute atomic E-state index is 0.683. The Hall–Kier alpha value is 0.270. The first-order valence-corrected chi connectivity index (χ1v) is 7.68. The summed E-state index contributed by atoms with van der Waals surface area (Å²) in [6.45, 7) is 6.65. The maximum atomic E-state index is 5.20. The highest BCUT2D eigenvalue weighted by atomic mass is 32.2. The van der Waals surface area contributed by atoms with Gasteiger partial charge in [0.2, 0.25) is 0 Å². The Balaban J connectivity index is 2.40. The molecule has 1 aliphatic heterocycles. The lowest BCUT2D eigenvalue weighted by Crippen LogP contribution is -2.43. The zero-order valence-electron chi connectivity index (χ0n) is 11.0. The number of rotatable bonds is 8. The highest BCUT2D eigenvalue weighted by Crippen LogP contribution is 2.32. The number of thioether (sulfide) groups is 1. The summed E-state index contributed by atoms with van der Waals surface area (Å²) in [7, 11) is 1.80. The van der Waals surface area contributed by atoms with Crippen molar-refractivity contribution >= 4 is 11.8 Å². The van der Waals surface area contributed by atoms with Crippen LogP contribution in [-0.4, -0.2) is 37.3 Å². The number of methoxy groups -OCH3 is 1. The van der Waals surface area contributed by atoms with Crippen molar-refractivity contribution in [2.75, 3.05) is 26.0 Å². The molecule has 96 valence electrons. The monoisotopic (exact) mass is 245 g/mol. The SMILES string of the molecule is CCCNC(C(C)CCOC)C1CCCS1. The third-order valence-corrected chi connectivity index (χ3v) is 4.87. The van der Waals surface area contributed by atoms with Crippen LogP contribution in [-0.2, 0) is 4.74 Å². The number of hydrogen-bond donors (Lipinski definition) is 1. The third kappa shape index (κ3) is 4.64. The quantitative estimate of drug-likeness (QED) is 0.710. The van der Waals surface area contributed by atoms with Crippen LogP contribution in [0.3, 0.4) is 0 Å². The number of hydrogen-bond acceptors (Lipinski definition) is 3. The second-order valence-electron chi connectivity index (χ2n) is 4.79. The fourth-order valence-electron chi connectivity index (χ4n) is 2.38. The van der Waals surface area contributed by atoms with Gasteiger partial charge in [0, 0.05) is 25.0 Å². The maximum Gasteiger partial charge on any atom is 0.0465 e. The van der Waals surface area contributed by atoms with Crippen molar-refractivity contribution in [2.45, 2.75) is 50.8 Å². The number of ether oxygens (including phenoxy) is 1. The van der Waals surface area contributed by atoms with Crippen LogP contribution in [0.1, 0.15) is 39.5 Å². The molecule has 16 heavy (non-hydrogen) atoms. The highest BCUT2D eigenvalue weighted by molar-refractivity contribution is 8.00. The van der Waals surface area contributed by atoms with Gasteiger partial charge in [0.15, 0.2) is 0 Å². The van der Waals surface area contributed by atoms with Gasteiger partial charge in [0.1, 0.15) is 0 Å². The van der Waals surface area contributed by atoms with Gasteiger partial charge < -0.3 is 10.1 Å². The standard InChI is InChI=1S/C13H27NOS/c1-4-8-14-13(11(2)7-9-15-3)12-6-5-10-16-12/h11-14H,4-10H2,1-3H3. The first-order valence-electron chi connectivity index (χ1n) is 6.63. The molecule has 0 spiro atoms. The topological polar surface area (TPSA) is 21.3 Å². The van der Waals surface area contributed by atoms with E-state index in [9.17, 15) is 0 Å². The highest BCUT2D eigenvalue weighted by Gasteiger charge is 2.28. The van der Waals surface area contributed by atoms with Crippen LogP contribution in [0, 0.1) is 5.92 Å². The lowest BCUT2D eigenvalue weighted by atomic mass is 9.93. The summed E-state index contributed by atoms with van der Waals surface area (Å²) < 4.78 is 5.20. The van der Waals surface area contributed by atoms with Gasteiger partial charge in [0.25, 0.3) is 0 Å². The van der Waals surface area contributed by atoms with Crippen molar-refractivity contribution in [2.24, 2.45) is 5.92 Å². The molecule has 0 aromatic carbocycles. The summed E-state index contributed by atoms with van der Waals surface area (Å²) in [5, 5.41) is 4.58. The molecule has 1 aliphatic rings. The molecule has 0 bridgehead atoms. The molecule has 1 rings (SSSR count). The second kappa shape index (κ2) is 8.37. The molecule has 1 saturated heterocycles. The Morgan fingerprint density at radius 1 is 1.50 bits per heavy atom. The molecular weight excluding hydrogens is 218 g/mol. The lowest BCUT2D eigenvalue weighted by Gasteiger charge is -2.30. The molecule has 1 heterocycles. The van der Waals surface area contributed by atoms with Gasteiger partial charge >= 0.3 is 0 Å². The average molecular weight is 245 g/mol. The zero-order chi connectivity index (χ0) is 11.8. The van der Waals surface area contributed by atoms with E-state index < -0.39 is 0 Å². The summed E-state index contributed by atoms with van der Waals surface area (Å²) in [6, 6.07) is 0.683. The van der Waals surface area contributed by atoms with Crippen LogP contribution in [0.5, 0.6) is 0 Å². The van der Waals surface area contributed by atoms with Crippen molar-refractivity contribution < 1.29 is 4.74 Å². The van der Waals surface area contributed by atoms with E-state index >= 15 is 0 Å². The van der Waals surface area contributed by atoms with E-state index in [2.05, 4.69) is 30.9 Å². The molecule has 0 amide bonds. The van der Waals surface area contributed by atoms with Crippen molar-refractivity contribution in [3.8, 4) is 0 Å². The van der Waals surface area contributed by atoms with Gasteiger partial charge in [-0.15, -0.1) is 0 Å². The predicted octanol–water partition coefficient (Wildman–Crippen LogP) is 2.92. The molecule has 3 heteroatoms. The van der Waals surface area contributed by atoms with E-state index in [4.69, 9.17) is 4.74 Å². The van der Waals surface area contributed by atoms with E-state index in [1.807, 2.05) is 0 Å². The van der Waals surface area contributed by atoms with Gasteiger partial charge in [-0.25, -0.2) is 0 Å². The van der Waals surface area contributed by atoms with Gasteiger partial charge in [-0.3, -0.25) is 0 Å². The summed E-state index contributed by atoms with van der Waals surface area (Å²) in [5.41, 5.74) is 0. The van der Waals surface area contributed by atoms with Crippen LogP contribution in [0.2, 0.25) is 0 Å². The van der Waals surface area contributed by atoms with Crippen molar-refractivity contribution in [3.63, 3.8) is 0 Å². The Morgan fingerprint density at radius 3 is 2.88 bits per heavy atom. The largest absolute Gasteiger partial charge is 0.385 e. The second-order valence-corrected chi connectivity index (χ2v) is 6.14. The summed E-state index contributed by atoms with van der Waals surface area (Å²) in [6.07, 6.45) is 5.19. The fourth-order valence-corrected chi connectivity index (χ4v) is 3.92. The maximum absolute atomic E-state index is 5.20. The van der Waals surface area contributed by atoms with Crippen LogP contribution >= 0.6 is 11.8 Å². The fraction of sp³-hybridized carbons (Fsp3) is 1.00. The Morgan fingerprint density at radius 2 is 2.31 bits per heavy atom. The Labute approximate surface area is 105 Å². The van der Waals surface area contributed by atoms with E-state index in [1.54, 1.807) is 7.11 Å². The lowest BCUT2D eigenvalue weighted by molar-refractivity contribution is 0.169. The Kier molecular flexibility index (Phi) is 7.50. The summed E-state index contributed by atoms with van der Waals surface area (Å²) in [4.78, 5) is 0.